The monoisotopic (exact) mass is 338 g/mol. The zero-order chi connectivity index (χ0) is 17.5. The van der Waals surface area contributed by atoms with Crippen LogP contribution in [0.5, 0.6) is 0 Å². The summed E-state index contributed by atoms with van der Waals surface area (Å²) >= 11 is 0. The van der Waals surface area contributed by atoms with E-state index in [9.17, 15) is 4.79 Å². The van der Waals surface area contributed by atoms with Gasteiger partial charge in [-0.2, -0.15) is 4.98 Å². The van der Waals surface area contributed by atoms with Crippen molar-refractivity contribution in [3.05, 3.63) is 66.2 Å². The fourth-order valence-electron chi connectivity index (χ4n) is 2.14. The maximum absolute atomic E-state index is 11.6. The molecule has 2 aromatic heterocycles. The van der Waals surface area contributed by atoms with Gasteiger partial charge < -0.3 is 19.8 Å². The molecular formula is C18H18N4O3. The van der Waals surface area contributed by atoms with Gasteiger partial charge in [0.2, 0.25) is 5.95 Å². The van der Waals surface area contributed by atoms with Crippen LogP contribution < -0.4 is 10.6 Å². The Morgan fingerprint density at radius 3 is 2.76 bits per heavy atom. The number of esters is 1. The van der Waals surface area contributed by atoms with E-state index in [0.717, 1.165) is 11.4 Å². The van der Waals surface area contributed by atoms with Gasteiger partial charge in [-0.1, -0.05) is 0 Å². The Balaban J connectivity index is 1.62. The van der Waals surface area contributed by atoms with Gasteiger partial charge in [0.05, 0.1) is 25.0 Å². The van der Waals surface area contributed by atoms with Crippen molar-refractivity contribution in [1.29, 1.82) is 0 Å². The molecule has 25 heavy (non-hydrogen) atoms. The van der Waals surface area contributed by atoms with E-state index >= 15 is 0 Å². The number of rotatable bonds is 7. The van der Waals surface area contributed by atoms with E-state index in [4.69, 9.17) is 9.15 Å². The Kier molecular flexibility index (Phi) is 5.26. The zero-order valence-electron chi connectivity index (χ0n) is 13.7. The van der Waals surface area contributed by atoms with Crippen molar-refractivity contribution in [2.24, 2.45) is 0 Å². The Morgan fingerprint density at radius 1 is 1.20 bits per heavy atom. The second-order valence-corrected chi connectivity index (χ2v) is 5.12. The largest absolute Gasteiger partial charge is 0.467 e. The lowest BCUT2D eigenvalue weighted by atomic mass is 10.2. The second kappa shape index (κ2) is 7.96. The maximum atomic E-state index is 11.6. The molecule has 7 heteroatoms. The van der Waals surface area contributed by atoms with E-state index in [2.05, 4.69) is 20.6 Å². The summed E-state index contributed by atoms with van der Waals surface area (Å²) in [6.07, 6.45) is 3.28. The molecule has 0 unspecified atom stereocenters. The first-order valence-corrected chi connectivity index (χ1v) is 7.88. The van der Waals surface area contributed by atoms with E-state index in [1.807, 2.05) is 12.1 Å². The smallest absolute Gasteiger partial charge is 0.338 e. The molecule has 0 bridgehead atoms. The summed E-state index contributed by atoms with van der Waals surface area (Å²) in [5.74, 6) is 1.60. The second-order valence-electron chi connectivity index (χ2n) is 5.12. The van der Waals surface area contributed by atoms with Crippen molar-refractivity contribution in [3.8, 4) is 0 Å². The molecule has 0 atom stereocenters. The van der Waals surface area contributed by atoms with Crippen LogP contribution in [-0.2, 0) is 11.3 Å². The normalized spacial score (nSPS) is 10.3. The molecule has 0 saturated heterocycles. The molecular weight excluding hydrogens is 320 g/mol. The summed E-state index contributed by atoms with van der Waals surface area (Å²) in [4.78, 5) is 20.2. The highest BCUT2D eigenvalue weighted by Crippen LogP contribution is 2.17. The third-order valence-corrected chi connectivity index (χ3v) is 3.32. The lowest BCUT2D eigenvalue weighted by Crippen LogP contribution is -2.05. The van der Waals surface area contributed by atoms with Crippen LogP contribution in [0.15, 0.2) is 59.3 Å². The number of hydrogen-bond donors (Lipinski definition) is 2. The lowest BCUT2D eigenvalue weighted by molar-refractivity contribution is 0.0526. The molecule has 0 aliphatic rings. The highest BCUT2D eigenvalue weighted by atomic mass is 16.5. The van der Waals surface area contributed by atoms with E-state index in [-0.39, 0.29) is 5.97 Å². The SMILES string of the molecule is CCOC(=O)c1ccc(Nc2ccnc(NCc3ccco3)n2)cc1. The van der Waals surface area contributed by atoms with Crippen LogP contribution in [0.3, 0.4) is 0 Å². The van der Waals surface area contributed by atoms with E-state index in [1.165, 1.54) is 0 Å². The summed E-state index contributed by atoms with van der Waals surface area (Å²) in [6.45, 7) is 2.64. The number of carbonyl (C=O) groups excluding carboxylic acids is 1. The van der Waals surface area contributed by atoms with Gasteiger partial charge in [0.1, 0.15) is 11.6 Å². The van der Waals surface area contributed by atoms with Crippen LogP contribution in [0.2, 0.25) is 0 Å². The van der Waals surface area contributed by atoms with Crippen molar-refractivity contribution in [3.63, 3.8) is 0 Å². The molecule has 128 valence electrons. The minimum absolute atomic E-state index is 0.333. The Labute approximate surface area is 145 Å². The molecule has 0 radical (unpaired) electrons. The fraction of sp³-hybridized carbons (Fsp3) is 0.167. The fourth-order valence-corrected chi connectivity index (χ4v) is 2.14. The number of aromatic nitrogens is 2. The van der Waals surface area contributed by atoms with Gasteiger partial charge in [0.15, 0.2) is 0 Å². The number of hydrogen-bond acceptors (Lipinski definition) is 7. The minimum atomic E-state index is -0.333. The van der Waals surface area contributed by atoms with Crippen molar-refractivity contribution in [2.75, 3.05) is 17.2 Å². The molecule has 0 aliphatic carbocycles. The van der Waals surface area contributed by atoms with Crippen molar-refractivity contribution in [1.82, 2.24) is 9.97 Å². The predicted octanol–water partition coefficient (Wildman–Crippen LogP) is 3.60. The van der Waals surface area contributed by atoms with Gasteiger partial charge in [-0.15, -0.1) is 0 Å². The summed E-state index contributed by atoms with van der Waals surface area (Å²) < 4.78 is 10.2. The zero-order valence-corrected chi connectivity index (χ0v) is 13.7. The average molecular weight is 338 g/mol. The number of nitrogens with one attached hydrogen (secondary N) is 2. The van der Waals surface area contributed by atoms with Crippen LogP contribution in [0, 0.1) is 0 Å². The molecule has 0 fully saturated rings. The number of furan rings is 1. The molecule has 0 saturated carbocycles. The summed E-state index contributed by atoms with van der Waals surface area (Å²) in [6, 6.07) is 12.5. The van der Waals surface area contributed by atoms with Gasteiger partial charge in [-0.05, 0) is 49.4 Å². The third-order valence-electron chi connectivity index (χ3n) is 3.32. The number of benzene rings is 1. The third kappa shape index (κ3) is 4.57. The van der Waals surface area contributed by atoms with Crippen LogP contribution in [0.4, 0.5) is 17.5 Å². The van der Waals surface area contributed by atoms with Gasteiger partial charge >= 0.3 is 5.97 Å². The molecule has 0 aliphatic heterocycles. The standard InChI is InChI=1S/C18H18N4O3/c1-2-24-17(23)13-5-7-14(8-6-13)21-16-9-10-19-18(22-16)20-12-15-4-3-11-25-15/h3-11H,2,12H2,1H3,(H2,19,20,21,22). The maximum Gasteiger partial charge on any atom is 0.338 e. The summed E-state index contributed by atoms with van der Waals surface area (Å²) in [5.41, 5.74) is 1.32. The van der Waals surface area contributed by atoms with Crippen molar-refractivity contribution in [2.45, 2.75) is 13.5 Å². The van der Waals surface area contributed by atoms with E-state index in [1.54, 1.807) is 49.7 Å². The Morgan fingerprint density at radius 2 is 2.04 bits per heavy atom. The quantitative estimate of drug-likeness (QED) is 0.636. The number of carbonyl (C=O) groups is 1. The van der Waals surface area contributed by atoms with Crippen LogP contribution >= 0.6 is 0 Å². The summed E-state index contributed by atoms with van der Waals surface area (Å²) in [7, 11) is 0. The Hall–Kier alpha value is -3.35. The summed E-state index contributed by atoms with van der Waals surface area (Å²) in [5, 5.41) is 6.26. The first-order valence-electron chi connectivity index (χ1n) is 7.88. The van der Waals surface area contributed by atoms with Gasteiger partial charge in [-0.3, -0.25) is 0 Å². The highest BCUT2D eigenvalue weighted by Gasteiger charge is 2.06. The number of anilines is 3. The van der Waals surface area contributed by atoms with Gasteiger partial charge in [0, 0.05) is 11.9 Å². The predicted molar refractivity (Wildman–Crippen MR) is 93.7 cm³/mol. The first-order chi connectivity index (χ1) is 12.2. The first kappa shape index (κ1) is 16.5. The van der Waals surface area contributed by atoms with Crippen molar-refractivity contribution >= 4 is 23.4 Å². The van der Waals surface area contributed by atoms with E-state index in [0.29, 0.717) is 30.5 Å². The molecule has 3 rings (SSSR count). The Bertz CT molecular complexity index is 817. The van der Waals surface area contributed by atoms with Gasteiger partial charge in [-0.25, -0.2) is 9.78 Å². The van der Waals surface area contributed by atoms with Gasteiger partial charge in [0.25, 0.3) is 0 Å². The molecule has 2 N–H and O–H groups in total. The average Bonchev–Trinajstić information content (AvgIpc) is 3.15. The lowest BCUT2D eigenvalue weighted by Gasteiger charge is -2.08. The van der Waals surface area contributed by atoms with Crippen LogP contribution in [-0.4, -0.2) is 22.5 Å². The number of ether oxygens (including phenoxy) is 1. The molecule has 3 aromatic rings. The topological polar surface area (TPSA) is 89.3 Å². The molecule has 1 aromatic carbocycles. The molecule has 7 nitrogen and oxygen atoms in total. The molecule has 0 spiro atoms. The highest BCUT2D eigenvalue weighted by molar-refractivity contribution is 5.89. The molecule has 2 heterocycles. The molecule has 0 amide bonds. The number of nitrogens with zero attached hydrogens (tertiary/aromatic N) is 2. The van der Waals surface area contributed by atoms with E-state index < -0.39 is 0 Å². The minimum Gasteiger partial charge on any atom is -0.467 e. The van der Waals surface area contributed by atoms with Crippen LogP contribution in [0.1, 0.15) is 23.0 Å². The van der Waals surface area contributed by atoms with Crippen molar-refractivity contribution < 1.29 is 13.9 Å². The van der Waals surface area contributed by atoms with Crippen LogP contribution in [0.25, 0.3) is 0 Å².